The number of hydrogen-bond acceptors (Lipinski definition) is 9. The van der Waals surface area contributed by atoms with Gasteiger partial charge in [-0.3, -0.25) is 4.79 Å². The SMILES string of the molecule is O=C(C1CN(c2cc(-n3cncn3)ncn2)C1)N1CCN(c2cc(-c3ccccc3)ncn2)CC1. The summed E-state index contributed by atoms with van der Waals surface area (Å²) in [6, 6.07) is 14.0. The molecule has 5 heterocycles. The Morgan fingerprint density at radius 1 is 0.771 bits per heavy atom. The summed E-state index contributed by atoms with van der Waals surface area (Å²) in [7, 11) is 0. The molecule has 4 aromatic rings. The molecule has 0 unspecified atom stereocenters. The van der Waals surface area contributed by atoms with Crippen LogP contribution in [0, 0.1) is 5.92 Å². The maximum Gasteiger partial charge on any atom is 0.229 e. The lowest BCUT2D eigenvalue weighted by atomic mass is 9.98. The van der Waals surface area contributed by atoms with Crippen molar-refractivity contribution in [2.75, 3.05) is 49.1 Å². The number of benzene rings is 1. The van der Waals surface area contributed by atoms with E-state index in [1.54, 1.807) is 17.3 Å². The molecule has 1 amide bonds. The lowest BCUT2D eigenvalue weighted by Crippen LogP contribution is -2.58. The Hall–Kier alpha value is -4.41. The molecule has 6 rings (SSSR count). The van der Waals surface area contributed by atoms with Crippen molar-refractivity contribution >= 4 is 17.5 Å². The molecule has 0 N–H and O–H groups in total. The zero-order chi connectivity index (χ0) is 23.6. The maximum absolute atomic E-state index is 13.1. The van der Waals surface area contributed by atoms with Crippen molar-refractivity contribution in [3.05, 3.63) is 67.8 Å². The van der Waals surface area contributed by atoms with Crippen molar-refractivity contribution in [3.63, 3.8) is 0 Å². The lowest BCUT2D eigenvalue weighted by Gasteiger charge is -2.43. The number of rotatable bonds is 5. The molecule has 1 aromatic carbocycles. The fraction of sp³-hybridized carbons (Fsp3) is 0.292. The molecule has 2 aliphatic rings. The minimum Gasteiger partial charge on any atom is -0.355 e. The van der Waals surface area contributed by atoms with E-state index in [4.69, 9.17) is 0 Å². The van der Waals surface area contributed by atoms with Crippen LogP contribution in [-0.4, -0.2) is 84.8 Å². The molecule has 11 nitrogen and oxygen atoms in total. The second-order valence-electron chi connectivity index (χ2n) is 8.62. The van der Waals surface area contributed by atoms with E-state index in [0.717, 1.165) is 36.0 Å². The average molecular weight is 469 g/mol. The van der Waals surface area contributed by atoms with E-state index in [9.17, 15) is 4.79 Å². The van der Waals surface area contributed by atoms with Crippen LogP contribution in [0.1, 0.15) is 0 Å². The van der Waals surface area contributed by atoms with Crippen LogP contribution in [0.2, 0.25) is 0 Å². The van der Waals surface area contributed by atoms with Crippen molar-refractivity contribution in [3.8, 4) is 17.1 Å². The van der Waals surface area contributed by atoms with Gasteiger partial charge in [0.1, 0.15) is 36.9 Å². The molecule has 11 heteroatoms. The third kappa shape index (κ3) is 4.27. The van der Waals surface area contributed by atoms with Gasteiger partial charge in [-0.25, -0.2) is 29.6 Å². The predicted octanol–water partition coefficient (Wildman–Crippen LogP) is 1.30. The largest absolute Gasteiger partial charge is 0.355 e. The quantitative estimate of drug-likeness (QED) is 0.428. The highest BCUT2D eigenvalue weighted by Crippen LogP contribution is 2.26. The van der Waals surface area contributed by atoms with Gasteiger partial charge in [-0.2, -0.15) is 5.10 Å². The topological polar surface area (TPSA) is 109 Å². The Kier molecular flexibility index (Phi) is 5.49. The first-order valence-corrected chi connectivity index (χ1v) is 11.6. The monoisotopic (exact) mass is 468 g/mol. The highest BCUT2D eigenvalue weighted by molar-refractivity contribution is 5.82. The van der Waals surface area contributed by atoms with E-state index in [0.29, 0.717) is 32.0 Å². The van der Waals surface area contributed by atoms with Crippen LogP contribution in [0.5, 0.6) is 0 Å². The van der Waals surface area contributed by atoms with E-state index in [2.05, 4.69) is 39.8 Å². The van der Waals surface area contributed by atoms with Gasteiger partial charge in [0.15, 0.2) is 5.82 Å². The normalized spacial score (nSPS) is 16.3. The molecule has 0 spiro atoms. The molecule has 0 radical (unpaired) electrons. The van der Waals surface area contributed by atoms with Gasteiger partial charge < -0.3 is 14.7 Å². The maximum atomic E-state index is 13.1. The number of hydrogen-bond donors (Lipinski definition) is 0. The second kappa shape index (κ2) is 9.09. The Balaban J connectivity index is 1.04. The zero-order valence-electron chi connectivity index (χ0n) is 19.1. The number of aromatic nitrogens is 7. The van der Waals surface area contributed by atoms with E-state index in [1.165, 1.54) is 12.7 Å². The van der Waals surface area contributed by atoms with E-state index < -0.39 is 0 Å². The van der Waals surface area contributed by atoms with Gasteiger partial charge in [-0.15, -0.1) is 0 Å². The number of anilines is 2. The molecule has 2 saturated heterocycles. The van der Waals surface area contributed by atoms with E-state index in [1.807, 2.05) is 47.4 Å². The van der Waals surface area contributed by atoms with Gasteiger partial charge in [0.05, 0.1) is 11.6 Å². The van der Waals surface area contributed by atoms with Gasteiger partial charge in [-0.05, 0) is 0 Å². The second-order valence-corrected chi connectivity index (χ2v) is 8.62. The number of carbonyl (C=O) groups is 1. The standard InChI is InChI=1S/C24H24N10O/c35-24(19-12-33(13-19)22-11-23(29-16-28-22)34-17-25-14-30-34)32-8-6-31(7-9-32)21-10-20(26-15-27-21)18-4-2-1-3-5-18/h1-5,10-11,14-17,19H,6-9,12-13H2. The summed E-state index contributed by atoms with van der Waals surface area (Å²) in [5, 5.41) is 4.11. The van der Waals surface area contributed by atoms with Crippen molar-refractivity contribution in [2.24, 2.45) is 5.92 Å². The first kappa shape index (κ1) is 21.1. The lowest BCUT2D eigenvalue weighted by molar-refractivity contribution is -0.136. The zero-order valence-corrected chi connectivity index (χ0v) is 19.1. The molecule has 176 valence electrons. The summed E-state index contributed by atoms with van der Waals surface area (Å²) in [6.07, 6.45) is 6.18. The first-order chi connectivity index (χ1) is 17.2. The van der Waals surface area contributed by atoms with Crippen LogP contribution in [0.15, 0.2) is 67.8 Å². The summed E-state index contributed by atoms with van der Waals surface area (Å²) >= 11 is 0. The molecule has 2 fully saturated rings. The Morgan fingerprint density at radius 3 is 2.23 bits per heavy atom. The van der Waals surface area contributed by atoms with Crippen molar-refractivity contribution in [1.82, 2.24) is 39.6 Å². The summed E-state index contributed by atoms with van der Waals surface area (Å²) in [5.74, 6) is 2.53. The summed E-state index contributed by atoms with van der Waals surface area (Å²) in [4.78, 5) is 40.8. The third-order valence-electron chi connectivity index (χ3n) is 6.48. The van der Waals surface area contributed by atoms with Crippen LogP contribution < -0.4 is 9.80 Å². The molecule has 0 saturated carbocycles. The van der Waals surface area contributed by atoms with Gasteiger partial charge in [-0.1, -0.05) is 30.3 Å². The molecule has 35 heavy (non-hydrogen) atoms. The smallest absolute Gasteiger partial charge is 0.229 e. The molecular weight excluding hydrogens is 444 g/mol. The Morgan fingerprint density at radius 2 is 1.49 bits per heavy atom. The van der Waals surface area contributed by atoms with E-state index in [-0.39, 0.29) is 11.8 Å². The Bertz CT molecular complexity index is 1300. The molecule has 2 aliphatic heterocycles. The molecule has 0 bridgehead atoms. The minimum atomic E-state index is -0.0185. The van der Waals surface area contributed by atoms with Crippen LogP contribution in [0.3, 0.4) is 0 Å². The van der Waals surface area contributed by atoms with Crippen molar-refractivity contribution < 1.29 is 4.79 Å². The predicted molar refractivity (Wildman–Crippen MR) is 129 cm³/mol. The van der Waals surface area contributed by atoms with Gasteiger partial charge >= 0.3 is 0 Å². The molecular formula is C24H24N10O. The van der Waals surface area contributed by atoms with Gasteiger partial charge in [0.25, 0.3) is 0 Å². The van der Waals surface area contributed by atoms with Crippen molar-refractivity contribution in [2.45, 2.75) is 0 Å². The number of nitrogens with zero attached hydrogens (tertiary/aromatic N) is 10. The van der Waals surface area contributed by atoms with Crippen LogP contribution in [0.4, 0.5) is 11.6 Å². The highest BCUT2D eigenvalue weighted by Gasteiger charge is 2.37. The van der Waals surface area contributed by atoms with Crippen LogP contribution in [0.25, 0.3) is 17.1 Å². The molecule has 0 atom stereocenters. The Labute approximate surface area is 202 Å². The molecule has 3 aromatic heterocycles. The number of piperazine rings is 1. The fourth-order valence-corrected chi connectivity index (χ4v) is 4.48. The minimum absolute atomic E-state index is 0.0185. The first-order valence-electron chi connectivity index (χ1n) is 11.6. The van der Waals surface area contributed by atoms with Crippen molar-refractivity contribution in [1.29, 1.82) is 0 Å². The fourth-order valence-electron chi connectivity index (χ4n) is 4.48. The number of carbonyl (C=O) groups excluding carboxylic acids is 1. The van der Waals surface area contributed by atoms with E-state index >= 15 is 0 Å². The average Bonchev–Trinajstić information content (AvgIpc) is 3.44. The number of amides is 1. The summed E-state index contributed by atoms with van der Waals surface area (Å²) in [5.41, 5.74) is 1.97. The van der Waals surface area contributed by atoms with Gasteiger partial charge in [0, 0.05) is 57.0 Å². The van der Waals surface area contributed by atoms with Crippen LogP contribution >= 0.6 is 0 Å². The summed E-state index contributed by atoms with van der Waals surface area (Å²) < 4.78 is 1.59. The third-order valence-corrected chi connectivity index (χ3v) is 6.48. The van der Waals surface area contributed by atoms with Crippen LogP contribution in [-0.2, 0) is 4.79 Å². The highest BCUT2D eigenvalue weighted by atomic mass is 16.2. The summed E-state index contributed by atoms with van der Waals surface area (Å²) in [6.45, 7) is 4.17. The van der Waals surface area contributed by atoms with Gasteiger partial charge in [0.2, 0.25) is 5.91 Å². The molecule has 0 aliphatic carbocycles.